The van der Waals surface area contributed by atoms with Crippen LogP contribution in [0.15, 0.2) is 42.7 Å². The molecule has 5 nitrogen and oxygen atoms in total. The predicted octanol–water partition coefficient (Wildman–Crippen LogP) is 3.54. The first-order valence-corrected chi connectivity index (χ1v) is 9.18. The van der Waals surface area contributed by atoms with Crippen molar-refractivity contribution in [3.8, 4) is 0 Å². The fraction of sp³-hybridized carbons (Fsp3) is 0.350. The van der Waals surface area contributed by atoms with Gasteiger partial charge in [0.1, 0.15) is 0 Å². The maximum atomic E-state index is 12.6. The first-order chi connectivity index (χ1) is 12.5. The molecule has 1 fully saturated rings. The average Bonchev–Trinajstić information content (AvgIpc) is 2.67. The van der Waals surface area contributed by atoms with Gasteiger partial charge in [-0.05, 0) is 36.5 Å². The number of likely N-dealkylation sites (tertiary alicyclic amines) is 1. The van der Waals surface area contributed by atoms with E-state index < -0.39 is 0 Å². The first-order valence-electron chi connectivity index (χ1n) is 8.80. The second-order valence-corrected chi connectivity index (χ2v) is 7.12. The second kappa shape index (κ2) is 8.32. The van der Waals surface area contributed by atoms with Gasteiger partial charge in [-0.1, -0.05) is 36.7 Å². The largest absolute Gasteiger partial charge is 0.348 e. The molecule has 1 saturated heterocycles. The van der Waals surface area contributed by atoms with Crippen LogP contribution in [0.2, 0.25) is 5.02 Å². The molecule has 2 amide bonds. The molecule has 0 saturated carbocycles. The highest BCUT2D eigenvalue weighted by atomic mass is 35.5. The third-order valence-corrected chi connectivity index (χ3v) is 5.08. The summed E-state index contributed by atoms with van der Waals surface area (Å²) < 4.78 is 0. The molecule has 0 aliphatic carbocycles. The molecule has 136 valence electrons. The third kappa shape index (κ3) is 4.41. The van der Waals surface area contributed by atoms with Gasteiger partial charge in [-0.3, -0.25) is 14.6 Å². The average molecular weight is 372 g/mol. The molecular weight excluding hydrogens is 350 g/mol. The van der Waals surface area contributed by atoms with E-state index in [-0.39, 0.29) is 11.8 Å². The molecule has 1 aromatic heterocycles. The molecule has 1 aromatic carbocycles. The van der Waals surface area contributed by atoms with E-state index >= 15 is 0 Å². The highest BCUT2D eigenvalue weighted by Crippen LogP contribution is 2.18. The van der Waals surface area contributed by atoms with Gasteiger partial charge in [0.2, 0.25) is 0 Å². The smallest absolute Gasteiger partial charge is 0.255 e. The molecule has 1 N–H and O–H groups in total. The molecule has 26 heavy (non-hydrogen) atoms. The number of carbonyl (C=O) groups excluding carboxylic acids is 2. The number of rotatable bonds is 4. The Hall–Kier alpha value is -2.40. The van der Waals surface area contributed by atoms with Crippen molar-refractivity contribution in [2.75, 3.05) is 13.1 Å². The molecule has 0 spiro atoms. The minimum atomic E-state index is -0.278. The third-order valence-electron chi connectivity index (χ3n) is 4.72. The van der Waals surface area contributed by atoms with Gasteiger partial charge in [0.25, 0.3) is 11.8 Å². The monoisotopic (exact) mass is 371 g/mol. The summed E-state index contributed by atoms with van der Waals surface area (Å²) >= 11 is 6.10. The zero-order chi connectivity index (χ0) is 18.5. The van der Waals surface area contributed by atoms with Crippen molar-refractivity contribution < 1.29 is 9.59 Å². The fourth-order valence-electron chi connectivity index (χ4n) is 2.99. The lowest BCUT2D eigenvalue weighted by atomic mass is 9.98. The number of piperidine rings is 1. The van der Waals surface area contributed by atoms with Crippen molar-refractivity contribution >= 4 is 23.4 Å². The van der Waals surface area contributed by atoms with Crippen LogP contribution in [0.5, 0.6) is 0 Å². The molecule has 0 unspecified atom stereocenters. The number of nitrogens with one attached hydrogen (secondary N) is 1. The van der Waals surface area contributed by atoms with Gasteiger partial charge in [0.15, 0.2) is 0 Å². The number of carbonyl (C=O) groups is 2. The molecule has 2 heterocycles. The minimum Gasteiger partial charge on any atom is -0.348 e. The van der Waals surface area contributed by atoms with Gasteiger partial charge in [0.05, 0.1) is 11.1 Å². The van der Waals surface area contributed by atoms with Crippen molar-refractivity contribution in [3.05, 3.63) is 64.4 Å². The molecule has 1 aliphatic rings. The van der Waals surface area contributed by atoms with E-state index in [1.54, 1.807) is 12.1 Å². The van der Waals surface area contributed by atoms with E-state index in [9.17, 15) is 9.59 Å². The number of hydrogen-bond donors (Lipinski definition) is 1. The van der Waals surface area contributed by atoms with Crippen LogP contribution in [0.4, 0.5) is 0 Å². The van der Waals surface area contributed by atoms with Crippen molar-refractivity contribution in [1.82, 2.24) is 15.2 Å². The standard InChI is InChI=1S/C20H22ClN3O2/c1-14-6-8-24(9-7-14)20(26)17-10-16(11-22-12-17)19(25)23-13-15-4-2-3-5-18(15)21/h2-5,10-12,14H,6-9,13H2,1H3,(H,23,25). The molecule has 0 bridgehead atoms. The summed E-state index contributed by atoms with van der Waals surface area (Å²) in [5, 5.41) is 3.42. The topological polar surface area (TPSA) is 62.3 Å². The summed E-state index contributed by atoms with van der Waals surface area (Å²) in [6.07, 6.45) is 5.01. The van der Waals surface area contributed by atoms with E-state index in [1.165, 1.54) is 12.4 Å². The van der Waals surface area contributed by atoms with Crippen LogP contribution in [-0.2, 0) is 6.54 Å². The predicted molar refractivity (Wildman–Crippen MR) is 101 cm³/mol. The number of halogens is 1. The Morgan fingerprint density at radius 1 is 1.19 bits per heavy atom. The number of hydrogen-bond acceptors (Lipinski definition) is 3. The Morgan fingerprint density at radius 3 is 2.62 bits per heavy atom. The van der Waals surface area contributed by atoms with E-state index in [1.807, 2.05) is 23.1 Å². The van der Waals surface area contributed by atoms with Crippen LogP contribution in [-0.4, -0.2) is 34.8 Å². The maximum Gasteiger partial charge on any atom is 0.255 e. The summed E-state index contributed by atoms with van der Waals surface area (Å²) in [6, 6.07) is 8.96. The van der Waals surface area contributed by atoms with Gasteiger partial charge < -0.3 is 10.2 Å². The quantitative estimate of drug-likeness (QED) is 0.894. The number of amides is 2. The Kier molecular flexibility index (Phi) is 5.89. The van der Waals surface area contributed by atoms with Crippen molar-refractivity contribution in [3.63, 3.8) is 0 Å². The van der Waals surface area contributed by atoms with Gasteiger partial charge in [-0.2, -0.15) is 0 Å². The first kappa shape index (κ1) is 18.4. The van der Waals surface area contributed by atoms with E-state index in [0.717, 1.165) is 31.5 Å². The molecule has 2 aromatic rings. The Morgan fingerprint density at radius 2 is 1.88 bits per heavy atom. The summed E-state index contributed by atoms with van der Waals surface area (Å²) in [5.41, 5.74) is 1.66. The highest BCUT2D eigenvalue weighted by molar-refractivity contribution is 6.31. The summed E-state index contributed by atoms with van der Waals surface area (Å²) in [4.78, 5) is 31.0. The van der Waals surface area contributed by atoms with Crippen molar-refractivity contribution in [1.29, 1.82) is 0 Å². The van der Waals surface area contributed by atoms with Crippen LogP contribution in [0.1, 0.15) is 46.0 Å². The molecular formula is C20H22ClN3O2. The SMILES string of the molecule is CC1CCN(C(=O)c2cncc(C(=O)NCc3ccccc3Cl)c2)CC1. The second-order valence-electron chi connectivity index (χ2n) is 6.71. The summed E-state index contributed by atoms with van der Waals surface area (Å²) in [6.45, 7) is 4.03. The molecule has 6 heteroatoms. The van der Waals surface area contributed by atoms with Gasteiger partial charge in [-0.25, -0.2) is 0 Å². The highest BCUT2D eigenvalue weighted by Gasteiger charge is 2.22. The van der Waals surface area contributed by atoms with Gasteiger partial charge in [-0.15, -0.1) is 0 Å². The van der Waals surface area contributed by atoms with Crippen LogP contribution in [0.3, 0.4) is 0 Å². The molecule has 3 rings (SSSR count). The number of aromatic nitrogens is 1. The van der Waals surface area contributed by atoms with E-state index in [2.05, 4.69) is 17.2 Å². The van der Waals surface area contributed by atoms with Crippen LogP contribution in [0.25, 0.3) is 0 Å². The van der Waals surface area contributed by atoms with Gasteiger partial charge >= 0.3 is 0 Å². The number of benzene rings is 1. The zero-order valence-corrected chi connectivity index (χ0v) is 15.5. The maximum absolute atomic E-state index is 12.6. The van der Waals surface area contributed by atoms with Crippen LogP contribution < -0.4 is 5.32 Å². The molecule has 0 atom stereocenters. The van der Waals surface area contributed by atoms with Crippen molar-refractivity contribution in [2.45, 2.75) is 26.3 Å². The van der Waals surface area contributed by atoms with E-state index in [0.29, 0.717) is 28.6 Å². The lowest BCUT2D eigenvalue weighted by molar-refractivity contribution is 0.0697. The summed E-state index contributed by atoms with van der Waals surface area (Å²) in [5.74, 6) is 0.309. The molecule has 0 radical (unpaired) electrons. The van der Waals surface area contributed by atoms with E-state index in [4.69, 9.17) is 11.6 Å². The Labute approximate surface area is 158 Å². The summed E-state index contributed by atoms with van der Waals surface area (Å²) in [7, 11) is 0. The van der Waals surface area contributed by atoms with Crippen LogP contribution >= 0.6 is 11.6 Å². The Balaban J connectivity index is 1.65. The lowest BCUT2D eigenvalue weighted by Crippen LogP contribution is -2.38. The minimum absolute atomic E-state index is 0.0647. The molecule has 1 aliphatic heterocycles. The number of pyridine rings is 1. The fourth-order valence-corrected chi connectivity index (χ4v) is 3.20. The van der Waals surface area contributed by atoms with Crippen LogP contribution in [0, 0.1) is 5.92 Å². The normalized spacial score (nSPS) is 14.9. The Bertz CT molecular complexity index is 801. The van der Waals surface area contributed by atoms with Crippen molar-refractivity contribution in [2.24, 2.45) is 5.92 Å². The lowest BCUT2D eigenvalue weighted by Gasteiger charge is -2.30. The zero-order valence-electron chi connectivity index (χ0n) is 14.7. The van der Waals surface area contributed by atoms with Gasteiger partial charge in [0, 0.05) is 37.1 Å². The number of nitrogens with zero attached hydrogens (tertiary/aromatic N) is 2.